The Morgan fingerprint density at radius 3 is 2.37 bits per heavy atom. The van der Waals surface area contributed by atoms with Gasteiger partial charge in [-0.15, -0.1) is 10.2 Å². The lowest BCUT2D eigenvalue weighted by Gasteiger charge is -2.36. The summed E-state index contributed by atoms with van der Waals surface area (Å²) in [4.78, 5) is 4.97. The molecule has 1 aliphatic rings. The van der Waals surface area contributed by atoms with Crippen molar-refractivity contribution in [1.82, 2.24) is 20.0 Å². The van der Waals surface area contributed by atoms with E-state index in [-0.39, 0.29) is 6.04 Å². The van der Waals surface area contributed by atoms with Gasteiger partial charge in [-0.3, -0.25) is 4.90 Å². The number of piperazine rings is 1. The first-order chi connectivity index (χ1) is 13.0. The molecule has 1 aromatic heterocycles. The number of methoxy groups -OCH3 is 1. The molecular formula is C21H32N4O2. The quantitative estimate of drug-likeness (QED) is 0.709. The van der Waals surface area contributed by atoms with Gasteiger partial charge in [-0.1, -0.05) is 26.0 Å². The van der Waals surface area contributed by atoms with Gasteiger partial charge in [0.15, 0.2) is 0 Å². The van der Waals surface area contributed by atoms with Crippen molar-refractivity contribution >= 4 is 0 Å². The first kappa shape index (κ1) is 19.8. The Hall–Kier alpha value is -1.92. The van der Waals surface area contributed by atoms with E-state index < -0.39 is 0 Å². The standard InChI is InChI=1S/C21H32N4O2/c1-16(2)15-20-22-23-21(27-20)17(3)25-13-11-24(12-14-25)10-9-18-5-7-19(26-4)8-6-18/h5-8,16-17H,9-15H2,1-4H3. The lowest BCUT2D eigenvalue weighted by atomic mass is 10.1. The molecule has 0 amide bonds. The van der Waals surface area contributed by atoms with Crippen LogP contribution in [0.25, 0.3) is 0 Å². The molecule has 3 rings (SSSR count). The molecule has 27 heavy (non-hydrogen) atoms. The third-order valence-corrected chi connectivity index (χ3v) is 5.25. The van der Waals surface area contributed by atoms with Gasteiger partial charge in [-0.2, -0.15) is 0 Å². The van der Waals surface area contributed by atoms with E-state index in [0.29, 0.717) is 5.92 Å². The average Bonchev–Trinajstić information content (AvgIpc) is 3.14. The van der Waals surface area contributed by atoms with Crippen molar-refractivity contribution in [1.29, 1.82) is 0 Å². The zero-order valence-electron chi connectivity index (χ0n) is 17.0. The van der Waals surface area contributed by atoms with Crippen molar-refractivity contribution in [2.45, 2.75) is 39.7 Å². The van der Waals surface area contributed by atoms with E-state index in [1.54, 1.807) is 7.11 Å². The molecule has 1 unspecified atom stereocenters. The summed E-state index contributed by atoms with van der Waals surface area (Å²) in [6.45, 7) is 11.8. The molecule has 0 bridgehead atoms. The minimum absolute atomic E-state index is 0.183. The normalized spacial score (nSPS) is 17.4. The molecule has 1 atom stereocenters. The van der Waals surface area contributed by atoms with Crippen LogP contribution in [-0.2, 0) is 12.8 Å². The molecule has 0 radical (unpaired) electrons. The second-order valence-corrected chi connectivity index (χ2v) is 7.78. The predicted octanol–water partition coefficient (Wildman–Crippen LogP) is 3.20. The van der Waals surface area contributed by atoms with Crippen LogP contribution in [0.5, 0.6) is 5.75 Å². The lowest BCUT2D eigenvalue weighted by Crippen LogP contribution is -2.47. The Morgan fingerprint density at radius 1 is 1.04 bits per heavy atom. The van der Waals surface area contributed by atoms with Gasteiger partial charge < -0.3 is 14.1 Å². The van der Waals surface area contributed by atoms with Crippen molar-refractivity contribution < 1.29 is 9.15 Å². The maximum atomic E-state index is 5.87. The van der Waals surface area contributed by atoms with Gasteiger partial charge in [0.25, 0.3) is 0 Å². The van der Waals surface area contributed by atoms with Crippen LogP contribution < -0.4 is 4.74 Å². The number of hydrogen-bond donors (Lipinski definition) is 0. The minimum atomic E-state index is 0.183. The molecule has 148 valence electrons. The van der Waals surface area contributed by atoms with Crippen molar-refractivity contribution in [3.8, 4) is 5.75 Å². The van der Waals surface area contributed by atoms with Gasteiger partial charge in [-0.25, -0.2) is 0 Å². The van der Waals surface area contributed by atoms with Crippen LogP contribution in [-0.4, -0.2) is 59.8 Å². The van der Waals surface area contributed by atoms with Crippen LogP contribution >= 0.6 is 0 Å². The summed E-state index contributed by atoms with van der Waals surface area (Å²) in [5.41, 5.74) is 1.36. The lowest BCUT2D eigenvalue weighted by molar-refractivity contribution is 0.0914. The first-order valence-corrected chi connectivity index (χ1v) is 9.96. The third-order valence-electron chi connectivity index (χ3n) is 5.25. The molecule has 6 heteroatoms. The number of hydrogen-bond acceptors (Lipinski definition) is 6. The van der Waals surface area contributed by atoms with Gasteiger partial charge in [0.2, 0.25) is 11.8 Å². The Bertz CT molecular complexity index is 690. The second kappa shape index (κ2) is 9.33. The van der Waals surface area contributed by atoms with Gasteiger partial charge in [-0.05, 0) is 37.0 Å². The summed E-state index contributed by atoms with van der Waals surface area (Å²) < 4.78 is 11.1. The van der Waals surface area contributed by atoms with Crippen LogP contribution in [0, 0.1) is 5.92 Å². The van der Waals surface area contributed by atoms with Crippen molar-refractivity contribution in [3.63, 3.8) is 0 Å². The zero-order valence-corrected chi connectivity index (χ0v) is 17.0. The van der Waals surface area contributed by atoms with E-state index in [9.17, 15) is 0 Å². The number of benzene rings is 1. The third kappa shape index (κ3) is 5.53. The molecule has 1 saturated heterocycles. The molecular weight excluding hydrogens is 340 g/mol. The van der Waals surface area contributed by atoms with E-state index in [1.165, 1.54) is 5.56 Å². The number of nitrogens with zero attached hydrogens (tertiary/aromatic N) is 4. The highest BCUT2D eigenvalue weighted by Crippen LogP contribution is 2.21. The second-order valence-electron chi connectivity index (χ2n) is 7.78. The smallest absolute Gasteiger partial charge is 0.233 e. The summed E-state index contributed by atoms with van der Waals surface area (Å²) in [6, 6.07) is 8.56. The van der Waals surface area contributed by atoms with Crippen molar-refractivity contribution in [3.05, 3.63) is 41.6 Å². The van der Waals surface area contributed by atoms with Crippen LogP contribution in [0.1, 0.15) is 44.2 Å². The minimum Gasteiger partial charge on any atom is -0.497 e. The summed E-state index contributed by atoms with van der Waals surface area (Å²) in [6.07, 6.45) is 1.92. The average molecular weight is 373 g/mol. The largest absolute Gasteiger partial charge is 0.497 e. The number of ether oxygens (including phenoxy) is 1. The summed E-state index contributed by atoms with van der Waals surface area (Å²) in [5, 5.41) is 8.47. The van der Waals surface area contributed by atoms with Gasteiger partial charge in [0.1, 0.15) is 5.75 Å². The summed E-state index contributed by atoms with van der Waals surface area (Å²) in [7, 11) is 1.70. The molecule has 1 aromatic carbocycles. The van der Waals surface area contributed by atoms with E-state index in [1.807, 2.05) is 12.1 Å². The Labute approximate surface area is 162 Å². The van der Waals surface area contributed by atoms with Gasteiger partial charge in [0.05, 0.1) is 13.2 Å². The first-order valence-electron chi connectivity index (χ1n) is 9.96. The van der Waals surface area contributed by atoms with Crippen LogP contribution in [0.15, 0.2) is 28.7 Å². The number of rotatable bonds is 8. The molecule has 0 aliphatic carbocycles. The summed E-state index contributed by atoms with van der Waals surface area (Å²) >= 11 is 0. The highest BCUT2D eigenvalue weighted by Gasteiger charge is 2.25. The Kier molecular flexibility index (Phi) is 6.85. The molecule has 1 aliphatic heterocycles. The fraction of sp³-hybridized carbons (Fsp3) is 0.619. The molecule has 0 N–H and O–H groups in total. The molecule has 0 saturated carbocycles. The van der Waals surface area contributed by atoms with Crippen molar-refractivity contribution in [2.24, 2.45) is 5.92 Å². The maximum Gasteiger partial charge on any atom is 0.233 e. The molecule has 0 spiro atoms. The molecule has 1 fully saturated rings. The van der Waals surface area contributed by atoms with E-state index in [4.69, 9.17) is 9.15 Å². The predicted molar refractivity (Wildman–Crippen MR) is 106 cm³/mol. The Morgan fingerprint density at radius 2 is 1.74 bits per heavy atom. The van der Waals surface area contributed by atoms with Crippen LogP contribution in [0.2, 0.25) is 0 Å². The SMILES string of the molecule is COc1ccc(CCN2CCN(C(C)c3nnc(CC(C)C)o3)CC2)cc1. The topological polar surface area (TPSA) is 54.6 Å². The van der Waals surface area contributed by atoms with Crippen LogP contribution in [0.3, 0.4) is 0 Å². The molecule has 2 aromatic rings. The van der Waals surface area contributed by atoms with Crippen molar-refractivity contribution in [2.75, 3.05) is 39.8 Å². The Balaban J connectivity index is 1.44. The maximum absolute atomic E-state index is 5.87. The van der Waals surface area contributed by atoms with Gasteiger partial charge >= 0.3 is 0 Å². The van der Waals surface area contributed by atoms with E-state index in [2.05, 4.69) is 52.9 Å². The highest BCUT2D eigenvalue weighted by atomic mass is 16.5. The molecule has 2 heterocycles. The molecule has 6 nitrogen and oxygen atoms in total. The highest BCUT2D eigenvalue weighted by molar-refractivity contribution is 5.27. The monoisotopic (exact) mass is 372 g/mol. The summed E-state index contributed by atoms with van der Waals surface area (Å²) in [5.74, 6) is 2.95. The van der Waals surface area contributed by atoms with E-state index in [0.717, 1.165) is 63.1 Å². The van der Waals surface area contributed by atoms with E-state index >= 15 is 0 Å². The zero-order chi connectivity index (χ0) is 19.2. The number of aromatic nitrogens is 2. The fourth-order valence-electron chi connectivity index (χ4n) is 3.48. The fourth-order valence-corrected chi connectivity index (χ4v) is 3.48. The van der Waals surface area contributed by atoms with Gasteiger partial charge in [0, 0.05) is 39.1 Å². The van der Waals surface area contributed by atoms with Crippen LogP contribution in [0.4, 0.5) is 0 Å².